The van der Waals surface area contributed by atoms with Crippen LogP contribution >= 0.6 is 27.7 Å². The van der Waals surface area contributed by atoms with Gasteiger partial charge in [-0.3, -0.25) is 4.79 Å². The zero-order valence-electron chi connectivity index (χ0n) is 16.2. The molecule has 29 heavy (non-hydrogen) atoms. The van der Waals surface area contributed by atoms with E-state index in [-0.39, 0.29) is 11.8 Å². The molecule has 8 heteroatoms. The van der Waals surface area contributed by atoms with E-state index in [2.05, 4.69) is 32.9 Å². The van der Waals surface area contributed by atoms with Gasteiger partial charge in [-0.2, -0.15) is 0 Å². The lowest BCUT2D eigenvalue weighted by Gasteiger charge is -2.33. The number of halogens is 1. The van der Waals surface area contributed by atoms with Gasteiger partial charge in [-0.15, -0.1) is 0 Å². The number of rotatable bonds is 3. The summed E-state index contributed by atoms with van der Waals surface area (Å²) in [5, 5.41) is 18.0. The van der Waals surface area contributed by atoms with E-state index in [0.717, 1.165) is 16.5 Å². The van der Waals surface area contributed by atoms with E-state index in [1.807, 2.05) is 48.7 Å². The van der Waals surface area contributed by atoms with E-state index < -0.39 is 6.17 Å². The monoisotopic (exact) mass is 470 g/mol. The molecule has 1 aliphatic rings. The van der Waals surface area contributed by atoms with Crippen LogP contribution in [-0.2, 0) is 11.2 Å². The van der Waals surface area contributed by atoms with Crippen LogP contribution < -0.4 is 14.7 Å². The van der Waals surface area contributed by atoms with Crippen molar-refractivity contribution in [1.29, 1.82) is 0 Å². The van der Waals surface area contributed by atoms with Crippen LogP contribution in [0, 0.1) is 0 Å². The molecule has 1 unspecified atom stereocenters. The summed E-state index contributed by atoms with van der Waals surface area (Å²) in [6.45, 7) is 3.62. The zero-order valence-corrected chi connectivity index (χ0v) is 18.6. The van der Waals surface area contributed by atoms with Gasteiger partial charge in [-0.25, -0.2) is 9.88 Å². The highest BCUT2D eigenvalue weighted by molar-refractivity contribution is 9.10. The number of aromatic nitrogens is 3. The van der Waals surface area contributed by atoms with Crippen LogP contribution in [0.1, 0.15) is 31.1 Å². The summed E-state index contributed by atoms with van der Waals surface area (Å²) < 4.78 is 2.45. The minimum Gasteiger partial charge on any atom is -0.854 e. The lowest BCUT2D eigenvalue weighted by Crippen LogP contribution is -2.58. The molecule has 1 aromatic heterocycles. The topological polar surface area (TPSA) is 73.0 Å². The van der Waals surface area contributed by atoms with Crippen molar-refractivity contribution in [2.24, 2.45) is 0 Å². The molecule has 2 heterocycles. The number of benzene rings is 2. The van der Waals surface area contributed by atoms with E-state index >= 15 is 0 Å². The van der Waals surface area contributed by atoms with Crippen LogP contribution in [0.5, 0.6) is 5.88 Å². The fourth-order valence-corrected chi connectivity index (χ4v) is 4.32. The van der Waals surface area contributed by atoms with Crippen molar-refractivity contribution in [1.82, 2.24) is 10.1 Å². The van der Waals surface area contributed by atoms with E-state index in [0.29, 0.717) is 22.1 Å². The highest BCUT2D eigenvalue weighted by Gasteiger charge is 2.43. The normalized spacial score (nSPS) is 15.0. The summed E-state index contributed by atoms with van der Waals surface area (Å²) in [5.41, 5.74) is 3.76. The number of aryl methyl sites for hydroxylation is 1. The molecule has 2 aromatic carbocycles. The van der Waals surface area contributed by atoms with Crippen molar-refractivity contribution in [2.45, 2.75) is 31.6 Å². The van der Waals surface area contributed by atoms with Gasteiger partial charge in [0.15, 0.2) is 0 Å². The van der Waals surface area contributed by atoms with Crippen molar-refractivity contribution in [2.75, 3.05) is 11.2 Å². The quantitative estimate of drug-likeness (QED) is 0.432. The van der Waals surface area contributed by atoms with E-state index in [4.69, 9.17) is 0 Å². The fraction of sp³-hybridized carbons (Fsp3) is 0.238. The molecular formula is C21H19BrN4O2S. The number of carbonyl (C=O) groups is 1. The van der Waals surface area contributed by atoms with Crippen LogP contribution in [0.3, 0.4) is 0 Å². The Kier molecular flexibility index (Phi) is 5.31. The molecule has 1 aliphatic heterocycles. The minimum atomic E-state index is -0.566. The van der Waals surface area contributed by atoms with Crippen molar-refractivity contribution >= 4 is 39.3 Å². The average molecular weight is 471 g/mol. The maximum Gasteiger partial charge on any atom is 0.293 e. The first-order chi connectivity index (χ1) is 13.9. The van der Waals surface area contributed by atoms with Crippen LogP contribution in [0.15, 0.2) is 52.1 Å². The number of fused-ring (bicyclic) bond motifs is 3. The summed E-state index contributed by atoms with van der Waals surface area (Å²) in [4.78, 5) is 18.6. The van der Waals surface area contributed by atoms with Gasteiger partial charge in [0, 0.05) is 22.1 Å². The maximum absolute atomic E-state index is 13.0. The highest BCUT2D eigenvalue weighted by atomic mass is 79.9. The maximum atomic E-state index is 13.0. The highest BCUT2D eigenvalue weighted by Crippen LogP contribution is 2.42. The molecule has 3 aromatic rings. The second-order valence-corrected chi connectivity index (χ2v) is 8.41. The summed E-state index contributed by atoms with van der Waals surface area (Å²) in [6, 6.07) is 13.6. The Bertz CT molecular complexity index is 1100. The number of nitrogens with zero attached hydrogens (tertiary/aromatic N) is 4. The first-order valence-corrected chi connectivity index (χ1v) is 11.2. The summed E-state index contributed by atoms with van der Waals surface area (Å²) in [5.74, 6) is -0.491. The van der Waals surface area contributed by atoms with Gasteiger partial charge in [-0.05, 0) is 48.6 Å². The van der Waals surface area contributed by atoms with Gasteiger partial charge in [0.1, 0.15) is 0 Å². The predicted octanol–water partition coefficient (Wildman–Crippen LogP) is 3.46. The molecule has 0 fully saturated rings. The molecule has 4 rings (SSSR count). The molecule has 0 radical (unpaired) electrons. The van der Waals surface area contributed by atoms with Crippen LogP contribution in [0.2, 0.25) is 0 Å². The van der Waals surface area contributed by atoms with Gasteiger partial charge in [0.2, 0.25) is 5.91 Å². The molecule has 1 atom stereocenters. The Labute approximate surface area is 181 Å². The molecule has 0 bridgehead atoms. The van der Waals surface area contributed by atoms with Gasteiger partial charge < -0.3 is 5.11 Å². The molecule has 0 saturated carbocycles. The molecule has 0 aliphatic carbocycles. The third-order valence-corrected chi connectivity index (χ3v) is 6.01. The second-order valence-electron chi connectivity index (χ2n) is 6.72. The fourth-order valence-electron chi connectivity index (χ4n) is 3.61. The molecule has 1 amide bonds. The third kappa shape index (κ3) is 3.40. The van der Waals surface area contributed by atoms with Crippen LogP contribution in [0.4, 0.5) is 5.69 Å². The average Bonchev–Trinajstić information content (AvgIpc) is 2.72. The summed E-state index contributed by atoms with van der Waals surface area (Å²) in [7, 11) is 0. The minimum absolute atomic E-state index is 0.131. The number of amides is 1. The third-order valence-electron chi connectivity index (χ3n) is 4.98. The van der Waals surface area contributed by atoms with Crippen molar-refractivity contribution in [3.05, 3.63) is 58.1 Å². The number of anilines is 1. The zero-order chi connectivity index (χ0) is 20.7. The molecule has 6 nitrogen and oxygen atoms in total. The Hall–Kier alpha value is -2.45. The number of hydrogen-bond donors (Lipinski definition) is 0. The Morgan fingerprint density at radius 3 is 2.62 bits per heavy atom. The van der Waals surface area contributed by atoms with Crippen LogP contribution in [0.25, 0.3) is 11.3 Å². The second kappa shape index (κ2) is 7.76. The molecule has 0 saturated heterocycles. The molecular weight excluding hydrogens is 452 g/mol. The number of hydrogen-bond acceptors (Lipinski definition) is 5. The Morgan fingerprint density at radius 1 is 1.28 bits per heavy atom. The summed E-state index contributed by atoms with van der Waals surface area (Å²) >= 11 is 4.77. The Balaban J connectivity index is 2.05. The van der Waals surface area contributed by atoms with Gasteiger partial charge in [-0.1, -0.05) is 51.4 Å². The molecule has 148 valence electrons. The first-order valence-electron chi connectivity index (χ1n) is 9.18. The van der Waals surface area contributed by atoms with Gasteiger partial charge in [0.05, 0.1) is 17.1 Å². The largest absolute Gasteiger partial charge is 0.854 e. The standard InChI is InChI=1S/C21H19BrN4O2S/c1-4-13-5-7-14(8-6-13)20-25(12(2)27)17-10-9-15(22)11-16(17)18-19(28)23-21(29-3)24-26(18)20/h5-11,20H,4H2,1-3H3. The predicted molar refractivity (Wildman–Crippen MR) is 114 cm³/mol. The smallest absolute Gasteiger partial charge is 0.293 e. The Morgan fingerprint density at radius 2 is 2.00 bits per heavy atom. The SMILES string of the molecule is CCc1ccc(C2N(C(C)=O)c3ccc(Br)cc3-c3c([O-])nc(SC)n[n+]32)cc1. The van der Waals surface area contributed by atoms with Gasteiger partial charge in [0.25, 0.3) is 17.0 Å². The van der Waals surface area contributed by atoms with E-state index in [1.54, 1.807) is 9.58 Å². The first kappa shape index (κ1) is 19.8. The van der Waals surface area contributed by atoms with Crippen molar-refractivity contribution < 1.29 is 14.6 Å². The summed E-state index contributed by atoms with van der Waals surface area (Å²) in [6.07, 6.45) is 2.18. The van der Waals surface area contributed by atoms with Gasteiger partial charge >= 0.3 is 0 Å². The van der Waals surface area contributed by atoms with E-state index in [1.165, 1.54) is 24.2 Å². The number of thioether (sulfide) groups is 1. The lowest BCUT2D eigenvalue weighted by atomic mass is 10.0. The van der Waals surface area contributed by atoms with E-state index in [9.17, 15) is 9.90 Å². The molecule has 0 N–H and O–H groups in total. The number of carbonyl (C=O) groups excluding carboxylic acids is 1. The molecule has 0 spiro atoms. The van der Waals surface area contributed by atoms with Crippen LogP contribution in [-0.4, -0.2) is 22.2 Å². The lowest BCUT2D eigenvalue weighted by molar-refractivity contribution is -0.764. The van der Waals surface area contributed by atoms with Crippen molar-refractivity contribution in [3.63, 3.8) is 0 Å². The van der Waals surface area contributed by atoms with Crippen molar-refractivity contribution in [3.8, 4) is 17.1 Å².